The Kier molecular flexibility index (Phi) is 6.47. The van der Waals surface area contributed by atoms with Crippen LogP contribution in [-0.4, -0.2) is 39.6 Å². The normalized spacial score (nSPS) is 12.1. The first-order valence-electron chi connectivity index (χ1n) is 9.73. The number of rotatable bonds is 7. The number of halogens is 4. The molecule has 0 atom stereocenters. The smallest absolute Gasteiger partial charge is 0.366 e. The molecule has 31 heavy (non-hydrogen) atoms. The summed E-state index contributed by atoms with van der Waals surface area (Å²) in [5.41, 5.74) is 3.03. The molecule has 3 rings (SSSR count). The summed E-state index contributed by atoms with van der Waals surface area (Å²) in [5.74, 6) is -1.01. The van der Waals surface area contributed by atoms with E-state index in [0.29, 0.717) is 12.6 Å². The van der Waals surface area contributed by atoms with Crippen molar-refractivity contribution in [2.24, 2.45) is 5.73 Å². The van der Waals surface area contributed by atoms with Gasteiger partial charge in [0.1, 0.15) is 0 Å². The SMILES string of the molecule is CCN(CC)CCn1c(=O)n(-c2cccc(Cl)c2)c2c(C(F)(F)F)cc(C(N)=O)cc21. The topological polar surface area (TPSA) is 73.3 Å². The van der Waals surface area contributed by atoms with E-state index in [4.69, 9.17) is 17.3 Å². The molecule has 0 bridgehead atoms. The molecule has 0 aliphatic heterocycles. The Morgan fingerprint density at radius 1 is 1.16 bits per heavy atom. The van der Waals surface area contributed by atoms with Gasteiger partial charge in [-0.15, -0.1) is 0 Å². The fraction of sp³-hybridized carbons (Fsp3) is 0.333. The number of fused-ring (bicyclic) bond motifs is 1. The van der Waals surface area contributed by atoms with E-state index in [1.54, 1.807) is 12.1 Å². The first-order chi connectivity index (χ1) is 14.6. The number of hydrogen-bond acceptors (Lipinski definition) is 3. The van der Waals surface area contributed by atoms with Crippen LogP contribution in [0.2, 0.25) is 5.02 Å². The maximum Gasteiger partial charge on any atom is 0.418 e. The van der Waals surface area contributed by atoms with Crippen molar-refractivity contribution < 1.29 is 18.0 Å². The maximum atomic E-state index is 14.0. The van der Waals surface area contributed by atoms with Crippen molar-refractivity contribution in [3.8, 4) is 5.69 Å². The first-order valence-corrected chi connectivity index (χ1v) is 10.1. The lowest BCUT2D eigenvalue weighted by molar-refractivity contribution is -0.136. The maximum absolute atomic E-state index is 14.0. The number of carbonyl (C=O) groups is 1. The Bertz CT molecular complexity index is 1180. The van der Waals surface area contributed by atoms with Crippen molar-refractivity contribution >= 4 is 28.5 Å². The number of aromatic nitrogens is 2. The zero-order chi connectivity index (χ0) is 22.9. The molecule has 1 amide bonds. The van der Waals surface area contributed by atoms with E-state index in [1.165, 1.54) is 22.8 Å². The first kappa shape index (κ1) is 22.9. The van der Waals surface area contributed by atoms with Gasteiger partial charge in [-0.3, -0.25) is 13.9 Å². The lowest BCUT2D eigenvalue weighted by atomic mass is 10.1. The fourth-order valence-corrected chi connectivity index (χ4v) is 3.77. The van der Waals surface area contributed by atoms with Crippen LogP contribution in [0.5, 0.6) is 0 Å². The molecule has 1 aromatic heterocycles. The highest BCUT2D eigenvalue weighted by Gasteiger charge is 2.36. The molecule has 0 aliphatic carbocycles. The summed E-state index contributed by atoms with van der Waals surface area (Å²) in [5, 5.41) is 0.274. The van der Waals surface area contributed by atoms with Gasteiger partial charge in [-0.1, -0.05) is 31.5 Å². The Hall–Kier alpha value is -2.78. The number of imidazole rings is 1. The van der Waals surface area contributed by atoms with Crippen LogP contribution in [-0.2, 0) is 12.7 Å². The second kappa shape index (κ2) is 8.76. The van der Waals surface area contributed by atoms with E-state index < -0.39 is 23.3 Å². The summed E-state index contributed by atoms with van der Waals surface area (Å²) in [6.45, 7) is 5.94. The van der Waals surface area contributed by atoms with Crippen LogP contribution >= 0.6 is 11.6 Å². The molecule has 0 radical (unpaired) electrons. The number of amides is 1. The average Bonchev–Trinajstić information content (AvgIpc) is 2.98. The van der Waals surface area contributed by atoms with Gasteiger partial charge in [0.15, 0.2) is 0 Å². The van der Waals surface area contributed by atoms with Crippen LogP contribution in [0, 0.1) is 0 Å². The van der Waals surface area contributed by atoms with Crippen molar-refractivity contribution in [3.05, 3.63) is 63.0 Å². The summed E-state index contributed by atoms with van der Waals surface area (Å²) in [6, 6.07) is 7.94. The van der Waals surface area contributed by atoms with Crippen LogP contribution in [0.15, 0.2) is 41.2 Å². The minimum absolute atomic E-state index is 0.0132. The summed E-state index contributed by atoms with van der Waals surface area (Å²) in [7, 11) is 0. The molecule has 166 valence electrons. The zero-order valence-corrected chi connectivity index (χ0v) is 17.8. The van der Waals surface area contributed by atoms with Crippen molar-refractivity contribution in [2.75, 3.05) is 19.6 Å². The Morgan fingerprint density at radius 3 is 2.39 bits per heavy atom. The van der Waals surface area contributed by atoms with E-state index in [0.717, 1.165) is 17.7 Å². The van der Waals surface area contributed by atoms with Gasteiger partial charge in [-0.2, -0.15) is 13.2 Å². The highest BCUT2D eigenvalue weighted by Crippen LogP contribution is 2.36. The summed E-state index contributed by atoms with van der Waals surface area (Å²) in [6.07, 6.45) is -4.82. The van der Waals surface area contributed by atoms with Crippen molar-refractivity contribution in [1.29, 1.82) is 0 Å². The molecule has 2 N–H and O–H groups in total. The molecule has 1 heterocycles. The Morgan fingerprint density at radius 2 is 1.84 bits per heavy atom. The number of carbonyl (C=O) groups excluding carboxylic acids is 1. The van der Waals surface area contributed by atoms with Crippen LogP contribution < -0.4 is 11.4 Å². The van der Waals surface area contributed by atoms with Crippen molar-refractivity contribution in [2.45, 2.75) is 26.6 Å². The Balaban J connectivity index is 2.40. The molecule has 0 aliphatic rings. The van der Waals surface area contributed by atoms with Gasteiger partial charge >= 0.3 is 11.9 Å². The van der Waals surface area contributed by atoms with Crippen LogP contribution in [0.25, 0.3) is 16.7 Å². The third kappa shape index (κ3) is 4.47. The number of likely N-dealkylation sites (N-methyl/N-ethyl adjacent to an activating group) is 1. The van der Waals surface area contributed by atoms with E-state index >= 15 is 0 Å². The molecule has 0 fully saturated rings. The average molecular weight is 455 g/mol. The van der Waals surface area contributed by atoms with Crippen molar-refractivity contribution in [1.82, 2.24) is 14.0 Å². The van der Waals surface area contributed by atoms with E-state index in [1.807, 2.05) is 18.7 Å². The van der Waals surface area contributed by atoms with Crippen LogP contribution in [0.1, 0.15) is 29.8 Å². The Labute approximate surface area is 181 Å². The molecule has 0 unspecified atom stereocenters. The number of hydrogen-bond donors (Lipinski definition) is 1. The van der Waals surface area contributed by atoms with Gasteiger partial charge in [-0.05, 0) is 43.4 Å². The van der Waals surface area contributed by atoms with E-state index in [-0.39, 0.29) is 33.9 Å². The molecule has 10 heteroatoms. The third-order valence-electron chi connectivity index (χ3n) is 5.22. The van der Waals surface area contributed by atoms with Crippen molar-refractivity contribution in [3.63, 3.8) is 0 Å². The summed E-state index contributed by atoms with van der Waals surface area (Å²) < 4.78 is 44.2. The fourth-order valence-electron chi connectivity index (χ4n) is 3.59. The lowest BCUT2D eigenvalue weighted by Gasteiger charge is -2.18. The van der Waals surface area contributed by atoms with Gasteiger partial charge in [-0.25, -0.2) is 4.79 Å². The number of primary amides is 1. The van der Waals surface area contributed by atoms with Gasteiger partial charge in [0, 0.05) is 23.7 Å². The molecule has 0 saturated heterocycles. The van der Waals surface area contributed by atoms with Crippen LogP contribution in [0.3, 0.4) is 0 Å². The van der Waals surface area contributed by atoms with E-state index in [9.17, 15) is 22.8 Å². The second-order valence-electron chi connectivity index (χ2n) is 7.03. The number of alkyl halides is 3. The summed E-state index contributed by atoms with van der Waals surface area (Å²) >= 11 is 6.03. The molecular weight excluding hydrogens is 433 g/mol. The highest BCUT2D eigenvalue weighted by molar-refractivity contribution is 6.30. The van der Waals surface area contributed by atoms with Gasteiger partial charge in [0.2, 0.25) is 5.91 Å². The minimum Gasteiger partial charge on any atom is -0.366 e. The number of nitrogens with zero attached hydrogens (tertiary/aromatic N) is 3. The monoisotopic (exact) mass is 454 g/mol. The molecule has 3 aromatic rings. The molecule has 0 saturated carbocycles. The highest BCUT2D eigenvalue weighted by atomic mass is 35.5. The predicted molar refractivity (Wildman–Crippen MR) is 114 cm³/mol. The number of benzene rings is 2. The minimum atomic E-state index is -4.82. The standard InChI is InChI=1S/C21H22ClF3N4O2/c1-3-27(4-2)8-9-28-17-11-13(19(26)30)10-16(21(23,24)25)18(17)29(20(28)31)15-7-5-6-14(22)12-15/h5-7,10-12H,3-4,8-9H2,1-2H3,(H2,26,30). The second-order valence-corrected chi connectivity index (χ2v) is 7.47. The van der Waals surface area contributed by atoms with Crippen LogP contribution in [0.4, 0.5) is 13.2 Å². The molecule has 0 spiro atoms. The van der Waals surface area contributed by atoms with Gasteiger partial charge in [0.05, 0.1) is 22.3 Å². The molecule has 2 aromatic carbocycles. The van der Waals surface area contributed by atoms with E-state index in [2.05, 4.69) is 0 Å². The largest absolute Gasteiger partial charge is 0.418 e. The molecule has 6 nitrogen and oxygen atoms in total. The lowest BCUT2D eigenvalue weighted by Crippen LogP contribution is -2.31. The summed E-state index contributed by atoms with van der Waals surface area (Å²) in [4.78, 5) is 27.1. The molecular formula is C21H22ClF3N4O2. The van der Waals surface area contributed by atoms with Gasteiger partial charge < -0.3 is 10.6 Å². The third-order valence-corrected chi connectivity index (χ3v) is 5.45. The zero-order valence-electron chi connectivity index (χ0n) is 17.0. The predicted octanol–water partition coefficient (Wildman–Crippen LogP) is 3.91. The number of nitrogens with two attached hydrogens (primary N) is 1. The quantitative estimate of drug-likeness (QED) is 0.588. The van der Waals surface area contributed by atoms with Gasteiger partial charge in [0.25, 0.3) is 0 Å².